The van der Waals surface area contributed by atoms with Gasteiger partial charge in [-0.05, 0) is 31.2 Å². The third kappa shape index (κ3) is 6.25. The molecule has 1 unspecified atom stereocenters. The molecule has 1 aromatic carbocycles. The van der Waals surface area contributed by atoms with Crippen LogP contribution in [0.2, 0.25) is 0 Å². The summed E-state index contributed by atoms with van der Waals surface area (Å²) >= 11 is 1.16. The number of benzene rings is 1. The standard InChI is InChI=1S/C25H31N5O4S/c1-15-22(16(2)31)35-25(26-15)29-24(34)28-19-11-7-6-10-18(19)13-30-14-21(32)27-20(23(30)33)12-17-8-4-3-5-9-17/h3-5,8-9,18-20H,6-7,10-14H2,1-2H3,(H,27,32)(H2,26,28,29,34)/t18-,19+,20?/m0/s1. The van der Waals surface area contributed by atoms with E-state index in [2.05, 4.69) is 20.9 Å². The average molecular weight is 498 g/mol. The van der Waals surface area contributed by atoms with Crippen LogP contribution in [-0.2, 0) is 16.0 Å². The first-order valence-corrected chi connectivity index (χ1v) is 12.8. The Kier molecular flexibility index (Phi) is 7.80. The number of nitrogens with one attached hydrogen (secondary N) is 3. The Hall–Kier alpha value is -3.27. The number of thiazole rings is 1. The number of urea groups is 1. The van der Waals surface area contributed by atoms with Gasteiger partial charge in [0.25, 0.3) is 0 Å². The summed E-state index contributed by atoms with van der Waals surface area (Å²) in [6.07, 6.45) is 4.11. The number of aryl methyl sites for hydroxylation is 1. The highest BCUT2D eigenvalue weighted by Crippen LogP contribution is 2.27. The highest BCUT2D eigenvalue weighted by molar-refractivity contribution is 7.17. The number of carbonyl (C=O) groups excluding carboxylic acids is 4. The fourth-order valence-electron chi connectivity index (χ4n) is 4.89. The van der Waals surface area contributed by atoms with Crippen molar-refractivity contribution in [1.29, 1.82) is 0 Å². The highest BCUT2D eigenvalue weighted by Gasteiger charge is 2.36. The zero-order valence-corrected chi connectivity index (χ0v) is 20.8. The first-order valence-electron chi connectivity index (χ1n) is 12.0. The van der Waals surface area contributed by atoms with E-state index in [1.54, 1.807) is 11.8 Å². The molecule has 2 aromatic rings. The van der Waals surface area contributed by atoms with E-state index >= 15 is 0 Å². The number of aromatic nitrogens is 1. The molecule has 1 aromatic heterocycles. The molecule has 0 radical (unpaired) electrons. The van der Waals surface area contributed by atoms with Crippen molar-refractivity contribution in [2.45, 2.75) is 58.0 Å². The molecule has 1 saturated heterocycles. The van der Waals surface area contributed by atoms with E-state index in [-0.39, 0.29) is 42.1 Å². The van der Waals surface area contributed by atoms with E-state index in [4.69, 9.17) is 0 Å². The maximum Gasteiger partial charge on any atom is 0.321 e. The van der Waals surface area contributed by atoms with Crippen LogP contribution in [0.4, 0.5) is 9.93 Å². The van der Waals surface area contributed by atoms with Crippen molar-refractivity contribution in [3.8, 4) is 0 Å². The lowest BCUT2D eigenvalue weighted by Gasteiger charge is -2.39. The second-order valence-electron chi connectivity index (χ2n) is 9.27. The summed E-state index contributed by atoms with van der Waals surface area (Å²) in [5.41, 5.74) is 1.59. The summed E-state index contributed by atoms with van der Waals surface area (Å²) in [4.78, 5) is 56.4. The summed E-state index contributed by atoms with van der Waals surface area (Å²) in [7, 11) is 0. The zero-order chi connectivity index (χ0) is 24.9. The van der Waals surface area contributed by atoms with Crippen LogP contribution >= 0.6 is 11.3 Å². The normalized spacial score (nSPS) is 22.5. The second kappa shape index (κ2) is 11.0. The summed E-state index contributed by atoms with van der Waals surface area (Å²) in [6.45, 7) is 3.67. The lowest BCUT2D eigenvalue weighted by atomic mass is 9.84. The molecule has 0 spiro atoms. The van der Waals surface area contributed by atoms with Gasteiger partial charge in [0.2, 0.25) is 11.8 Å². The number of anilines is 1. The Balaban J connectivity index is 1.38. The molecule has 4 amide bonds. The Morgan fingerprint density at radius 1 is 1.17 bits per heavy atom. The largest absolute Gasteiger partial charge is 0.342 e. The monoisotopic (exact) mass is 497 g/mol. The molecule has 0 bridgehead atoms. The van der Waals surface area contributed by atoms with Gasteiger partial charge < -0.3 is 15.5 Å². The summed E-state index contributed by atoms with van der Waals surface area (Å²) < 4.78 is 0. The van der Waals surface area contributed by atoms with Gasteiger partial charge in [-0.2, -0.15) is 0 Å². The van der Waals surface area contributed by atoms with Crippen molar-refractivity contribution in [3.63, 3.8) is 0 Å². The van der Waals surface area contributed by atoms with Crippen LogP contribution in [0.1, 0.15) is 53.5 Å². The zero-order valence-electron chi connectivity index (χ0n) is 20.0. The number of Topliss-reactive ketones (excluding diaryl/α,β-unsaturated/α-hetero) is 1. The minimum absolute atomic E-state index is 0.0335. The number of hydrogen-bond acceptors (Lipinski definition) is 6. The van der Waals surface area contributed by atoms with Crippen LogP contribution in [0, 0.1) is 12.8 Å². The summed E-state index contributed by atoms with van der Waals surface area (Å²) in [5.74, 6) is -0.282. The van der Waals surface area contributed by atoms with E-state index < -0.39 is 6.04 Å². The number of rotatable bonds is 7. The van der Waals surface area contributed by atoms with Gasteiger partial charge in [-0.15, -0.1) is 0 Å². The number of carbonyl (C=O) groups is 4. The Labute approximate surface area is 208 Å². The fraction of sp³-hybridized carbons (Fsp3) is 0.480. The van der Waals surface area contributed by atoms with Crippen molar-refractivity contribution in [2.24, 2.45) is 5.92 Å². The van der Waals surface area contributed by atoms with Crippen molar-refractivity contribution in [2.75, 3.05) is 18.4 Å². The Morgan fingerprint density at radius 3 is 2.63 bits per heavy atom. The molecule has 2 aliphatic rings. The predicted molar refractivity (Wildman–Crippen MR) is 133 cm³/mol. The number of nitrogens with zero attached hydrogens (tertiary/aromatic N) is 2. The van der Waals surface area contributed by atoms with Crippen LogP contribution in [-0.4, -0.2) is 58.7 Å². The van der Waals surface area contributed by atoms with E-state index in [0.717, 1.165) is 42.6 Å². The summed E-state index contributed by atoms with van der Waals surface area (Å²) in [6, 6.07) is 8.56. The van der Waals surface area contributed by atoms with Crippen LogP contribution in [0.25, 0.3) is 0 Å². The SMILES string of the molecule is CC(=O)c1sc(NC(=O)N[C@@H]2CCCC[C@H]2CN2CC(=O)NC(Cc3ccccc3)C2=O)nc1C. The van der Waals surface area contributed by atoms with Gasteiger partial charge in [0, 0.05) is 25.9 Å². The lowest BCUT2D eigenvalue weighted by Crippen LogP contribution is -2.60. The van der Waals surface area contributed by atoms with E-state index in [1.165, 1.54) is 6.92 Å². The van der Waals surface area contributed by atoms with Crippen LogP contribution in [0.3, 0.4) is 0 Å². The molecular weight excluding hydrogens is 466 g/mol. The first kappa shape index (κ1) is 24.8. The van der Waals surface area contributed by atoms with Crippen molar-refractivity contribution in [3.05, 3.63) is 46.5 Å². The second-order valence-corrected chi connectivity index (χ2v) is 10.3. The molecule has 186 valence electrons. The minimum atomic E-state index is -0.583. The molecule has 2 fully saturated rings. The van der Waals surface area contributed by atoms with Gasteiger partial charge in [0.05, 0.1) is 17.1 Å². The number of hydrogen-bond donors (Lipinski definition) is 3. The third-order valence-electron chi connectivity index (χ3n) is 6.58. The average Bonchev–Trinajstić information content (AvgIpc) is 3.19. The maximum atomic E-state index is 13.2. The van der Waals surface area contributed by atoms with Crippen molar-refractivity contribution < 1.29 is 19.2 Å². The van der Waals surface area contributed by atoms with Gasteiger partial charge in [-0.3, -0.25) is 19.7 Å². The molecule has 1 aliphatic carbocycles. The molecule has 4 rings (SSSR count). The Morgan fingerprint density at radius 2 is 1.91 bits per heavy atom. The smallest absolute Gasteiger partial charge is 0.321 e. The van der Waals surface area contributed by atoms with Crippen molar-refractivity contribution >= 4 is 40.1 Å². The third-order valence-corrected chi connectivity index (χ3v) is 7.75. The summed E-state index contributed by atoms with van der Waals surface area (Å²) in [5, 5.41) is 8.98. The number of piperazine rings is 1. The molecule has 1 aliphatic heterocycles. The van der Waals surface area contributed by atoms with Gasteiger partial charge in [-0.25, -0.2) is 9.78 Å². The fourth-order valence-corrected chi connectivity index (χ4v) is 5.75. The van der Waals surface area contributed by atoms with E-state index in [1.807, 2.05) is 30.3 Å². The molecule has 10 heteroatoms. The van der Waals surface area contributed by atoms with Gasteiger partial charge in [0.1, 0.15) is 6.04 Å². The minimum Gasteiger partial charge on any atom is -0.342 e. The van der Waals surface area contributed by atoms with E-state index in [9.17, 15) is 19.2 Å². The molecule has 2 heterocycles. The van der Waals surface area contributed by atoms with Crippen LogP contribution < -0.4 is 16.0 Å². The van der Waals surface area contributed by atoms with Gasteiger partial charge in [-0.1, -0.05) is 54.5 Å². The molecule has 1 saturated carbocycles. The quantitative estimate of drug-likeness (QED) is 0.508. The predicted octanol–water partition coefficient (Wildman–Crippen LogP) is 2.90. The van der Waals surface area contributed by atoms with Crippen LogP contribution in [0.15, 0.2) is 30.3 Å². The first-order chi connectivity index (χ1) is 16.8. The Bertz CT molecular complexity index is 1100. The topological polar surface area (TPSA) is 121 Å². The van der Waals surface area contributed by atoms with Crippen molar-refractivity contribution in [1.82, 2.24) is 20.5 Å². The molecule has 35 heavy (non-hydrogen) atoms. The highest BCUT2D eigenvalue weighted by atomic mass is 32.1. The molecular formula is C25H31N5O4S. The maximum absolute atomic E-state index is 13.2. The lowest BCUT2D eigenvalue weighted by molar-refractivity contribution is -0.145. The number of ketones is 1. The van der Waals surface area contributed by atoms with Crippen LogP contribution in [0.5, 0.6) is 0 Å². The molecule has 9 nitrogen and oxygen atoms in total. The number of amides is 4. The van der Waals surface area contributed by atoms with E-state index in [0.29, 0.717) is 28.7 Å². The van der Waals surface area contributed by atoms with Gasteiger partial charge >= 0.3 is 6.03 Å². The molecule has 3 N–H and O–H groups in total. The van der Waals surface area contributed by atoms with Gasteiger partial charge in [0.15, 0.2) is 10.9 Å². The molecule has 3 atom stereocenters.